The SMILES string of the molecule is Cc1cc(C(C)Nc2cc(F)cc(F)c2)c2nc(N3CCOCC3)cc(=O)n2c1. The van der Waals surface area contributed by atoms with Gasteiger partial charge < -0.3 is 15.0 Å². The molecule has 29 heavy (non-hydrogen) atoms. The Morgan fingerprint density at radius 2 is 1.79 bits per heavy atom. The molecule has 1 N–H and O–H groups in total. The number of hydrogen-bond donors (Lipinski definition) is 1. The Balaban J connectivity index is 1.77. The maximum absolute atomic E-state index is 13.6. The molecular weight excluding hydrogens is 378 g/mol. The quantitative estimate of drug-likeness (QED) is 0.728. The summed E-state index contributed by atoms with van der Waals surface area (Å²) in [5.41, 5.74) is 2.31. The lowest BCUT2D eigenvalue weighted by Gasteiger charge is -2.28. The van der Waals surface area contributed by atoms with E-state index in [9.17, 15) is 13.6 Å². The number of nitrogens with one attached hydrogen (secondary N) is 1. The first-order valence-corrected chi connectivity index (χ1v) is 9.50. The fourth-order valence-corrected chi connectivity index (χ4v) is 3.60. The van der Waals surface area contributed by atoms with Crippen LogP contribution in [0.4, 0.5) is 20.3 Å². The van der Waals surface area contributed by atoms with Crippen LogP contribution in [0, 0.1) is 18.6 Å². The molecule has 0 radical (unpaired) electrons. The van der Waals surface area contributed by atoms with Gasteiger partial charge in [0.1, 0.15) is 23.1 Å². The van der Waals surface area contributed by atoms with Crippen molar-refractivity contribution in [2.75, 3.05) is 36.5 Å². The van der Waals surface area contributed by atoms with Crippen molar-refractivity contribution in [2.45, 2.75) is 19.9 Å². The van der Waals surface area contributed by atoms with Gasteiger partial charge in [0, 0.05) is 42.7 Å². The highest BCUT2D eigenvalue weighted by Crippen LogP contribution is 2.25. The van der Waals surface area contributed by atoms with E-state index < -0.39 is 11.6 Å². The molecule has 1 aliphatic heterocycles. The van der Waals surface area contributed by atoms with E-state index in [0.717, 1.165) is 17.2 Å². The third kappa shape index (κ3) is 4.07. The number of morpholine rings is 1. The van der Waals surface area contributed by atoms with Crippen LogP contribution in [0.2, 0.25) is 0 Å². The van der Waals surface area contributed by atoms with Crippen LogP contribution in [0.1, 0.15) is 24.1 Å². The standard InChI is InChI=1S/C21H22F2N4O2/c1-13-7-18(14(2)24-17-9-15(22)8-16(23)10-17)21-25-19(11-20(28)27(21)12-13)26-3-5-29-6-4-26/h7-12,14,24H,3-6H2,1-2H3. The third-order valence-electron chi connectivity index (χ3n) is 4.96. The van der Waals surface area contributed by atoms with Gasteiger partial charge in [0.15, 0.2) is 0 Å². The molecule has 6 nitrogen and oxygen atoms in total. The van der Waals surface area contributed by atoms with Crippen molar-refractivity contribution >= 4 is 17.2 Å². The summed E-state index contributed by atoms with van der Waals surface area (Å²) in [7, 11) is 0. The molecule has 4 rings (SSSR count). The van der Waals surface area contributed by atoms with Crippen LogP contribution in [0.3, 0.4) is 0 Å². The van der Waals surface area contributed by atoms with Gasteiger partial charge in [-0.05, 0) is 37.6 Å². The molecule has 0 amide bonds. The Morgan fingerprint density at radius 1 is 1.10 bits per heavy atom. The van der Waals surface area contributed by atoms with Gasteiger partial charge in [0.2, 0.25) is 0 Å². The molecule has 1 fully saturated rings. The van der Waals surface area contributed by atoms with Gasteiger partial charge in [-0.15, -0.1) is 0 Å². The van der Waals surface area contributed by atoms with Crippen LogP contribution in [0.5, 0.6) is 0 Å². The number of halogens is 2. The monoisotopic (exact) mass is 400 g/mol. The number of aryl methyl sites for hydroxylation is 1. The van der Waals surface area contributed by atoms with E-state index in [1.165, 1.54) is 22.6 Å². The normalized spacial score (nSPS) is 15.5. The van der Waals surface area contributed by atoms with E-state index >= 15 is 0 Å². The topological polar surface area (TPSA) is 58.9 Å². The highest BCUT2D eigenvalue weighted by molar-refractivity contribution is 5.58. The Bertz CT molecular complexity index is 1090. The van der Waals surface area contributed by atoms with E-state index in [1.807, 2.05) is 24.8 Å². The van der Waals surface area contributed by atoms with Gasteiger partial charge in [-0.1, -0.05) is 0 Å². The van der Waals surface area contributed by atoms with E-state index in [4.69, 9.17) is 9.72 Å². The zero-order valence-electron chi connectivity index (χ0n) is 16.3. The molecule has 0 saturated carbocycles. The summed E-state index contributed by atoms with van der Waals surface area (Å²) in [6.45, 7) is 6.27. The maximum atomic E-state index is 13.6. The number of rotatable bonds is 4. The number of fused-ring (bicyclic) bond motifs is 1. The molecule has 0 bridgehead atoms. The van der Waals surface area contributed by atoms with Gasteiger partial charge in [-0.2, -0.15) is 0 Å². The van der Waals surface area contributed by atoms with Crippen LogP contribution in [-0.4, -0.2) is 35.7 Å². The molecule has 3 heterocycles. The third-order valence-corrected chi connectivity index (χ3v) is 4.96. The molecular formula is C21H22F2N4O2. The number of anilines is 2. The van der Waals surface area contributed by atoms with Gasteiger partial charge in [-0.25, -0.2) is 13.8 Å². The first-order valence-electron chi connectivity index (χ1n) is 9.50. The predicted octanol–water partition coefficient (Wildman–Crippen LogP) is 3.29. The van der Waals surface area contributed by atoms with Crippen molar-refractivity contribution in [1.29, 1.82) is 0 Å². The minimum Gasteiger partial charge on any atom is -0.378 e. The molecule has 1 aliphatic rings. The molecule has 0 aliphatic carbocycles. The Kier molecular flexibility index (Phi) is 5.19. The first kappa shape index (κ1) is 19.3. The average molecular weight is 400 g/mol. The molecule has 1 atom stereocenters. The van der Waals surface area contributed by atoms with Gasteiger partial charge in [-0.3, -0.25) is 9.20 Å². The smallest absolute Gasteiger partial charge is 0.259 e. The first-order chi connectivity index (χ1) is 13.9. The molecule has 0 spiro atoms. The van der Waals surface area contributed by atoms with Crippen molar-refractivity contribution in [3.05, 3.63) is 69.6 Å². The molecule has 1 aromatic carbocycles. The summed E-state index contributed by atoms with van der Waals surface area (Å²) in [4.78, 5) is 19.5. The van der Waals surface area contributed by atoms with E-state index in [-0.39, 0.29) is 11.6 Å². The van der Waals surface area contributed by atoms with Crippen LogP contribution >= 0.6 is 0 Å². The molecule has 152 valence electrons. The largest absolute Gasteiger partial charge is 0.378 e. The molecule has 2 aromatic heterocycles. The zero-order valence-corrected chi connectivity index (χ0v) is 16.3. The Morgan fingerprint density at radius 3 is 2.48 bits per heavy atom. The molecule has 1 saturated heterocycles. The summed E-state index contributed by atoms with van der Waals surface area (Å²) in [5.74, 6) is -0.706. The van der Waals surface area contributed by atoms with E-state index in [0.29, 0.717) is 43.5 Å². The molecule has 3 aromatic rings. The van der Waals surface area contributed by atoms with Gasteiger partial charge in [0.05, 0.1) is 19.3 Å². The van der Waals surface area contributed by atoms with Crippen molar-refractivity contribution in [3.63, 3.8) is 0 Å². The summed E-state index contributed by atoms with van der Waals surface area (Å²) in [5, 5.41) is 3.11. The van der Waals surface area contributed by atoms with Crippen molar-refractivity contribution < 1.29 is 13.5 Å². The Hall–Kier alpha value is -3.00. The van der Waals surface area contributed by atoms with E-state index in [2.05, 4.69) is 5.32 Å². The highest BCUT2D eigenvalue weighted by Gasteiger charge is 2.18. The summed E-state index contributed by atoms with van der Waals surface area (Å²) >= 11 is 0. The van der Waals surface area contributed by atoms with Gasteiger partial charge in [0.25, 0.3) is 5.56 Å². The number of benzene rings is 1. The number of nitrogens with zero attached hydrogens (tertiary/aromatic N) is 3. The van der Waals surface area contributed by atoms with Crippen molar-refractivity contribution in [3.8, 4) is 0 Å². The highest BCUT2D eigenvalue weighted by atomic mass is 19.1. The second-order valence-electron chi connectivity index (χ2n) is 7.24. The summed E-state index contributed by atoms with van der Waals surface area (Å²) in [6.07, 6.45) is 1.74. The maximum Gasteiger partial charge on any atom is 0.259 e. The minimum atomic E-state index is -0.655. The number of aromatic nitrogens is 2. The summed E-state index contributed by atoms with van der Waals surface area (Å²) in [6, 6.07) is 6.41. The zero-order chi connectivity index (χ0) is 20.5. The lowest BCUT2D eigenvalue weighted by atomic mass is 10.1. The lowest BCUT2D eigenvalue weighted by molar-refractivity contribution is 0.122. The number of hydrogen-bond acceptors (Lipinski definition) is 5. The molecule has 1 unspecified atom stereocenters. The van der Waals surface area contributed by atoms with E-state index in [1.54, 1.807) is 6.20 Å². The fraction of sp³-hybridized carbons (Fsp3) is 0.333. The number of pyridine rings is 1. The van der Waals surface area contributed by atoms with Crippen LogP contribution in [-0.2, 0) is 4.74 Å². The van der Waals surface area contributed by atoms with Crippen LogP contribution in [0.25, 0.3) is 5.65 Å². The number of ether oxygens (including phenoxy) is 1. The van der Waals surface area contributed by atoms with Crippen molar-refractivity contribution in [2.24, 2.45) is 0 Å². The fourth-order valence-electron chi connectivity index (χ4n) is 3.60. The minimum absolute atomic E-state index is 0.176. The van der Waals surface area contributed by atoms with Crippen molar-refractivity contribution in [1.82, 2.24) is 9.38 Å². The predicted molar refractivity (Wildman–Crippen MR) is 108 cm³/mol. The second-order valence-corrected chi connectivity index (χ2v) is 7.24. The average Bonchev–Trinajstić information content (AvgIpc) is 2.67. The van der Waals surface area contributed by atoms with Crippen LogP contribution in [0.15, 0.2) is 41.3 Å². The lowest BCUT2D eigenvalue weighted by Crippen LogP contribution is -2.37. The van der Waals surface area contributed by atoms with Crippen LogP contribution < -0.4 is 15.8 Å². The molecule has 8 heteroatoms. The second kappa shape index (κ2) is 7.79. The van der Waals surface area contributed by atoms with Gasteiger partial charge >= 0.3 is 0 Å². The Labute approximate surface area is 166 Å². The summed E-state index contributed by atoms with van der Waals surface area (Å²) < 4.78 is 34.0.